The zero-order chi connectivity index (χ0) is 10.7. The number of halogens is 2. The number of hydrogen-bond donors (Lipinski definition) is 0. The molecule has 6 heteroatoms. The first kappa shape index (κ1) is 10.8. The van der Waals surface area contributed by atoms with Crippen LogP contribution >= 0.6 is 35.0 Å². The van der Waals surface area contributed by atoms with Crippen LogP contribution in [0.2, 0.25) is 10.0 Å². The van der Waals surface area contributed by atoms with Crippen LogP contribution < -0.4 is 0 Å². The molecular formula is C9H6Cl2N2OS. The third-order valence-corrected chi connectivity index (χ3v) is 3.39. The van der Waals surface area contributed by atoms with E-state index >= 15 is 0 Å². The fourth-order valence-corrected chi connectivity index (χ4v) is 2.12. The molecule has 0 N–H and O–H groups in total. The summed E-state index contributed by atoms with van der Waals surface area (Å²) < 4.78 is 4.62. The minimum Gasteiger partial charge on any atom is -0.343 e. The summed E-state index contributed by atoms with van der Waals surface area (Å²) in [5, 5.41) is 4.81. The van der Waals surface area contributed by atoms with Gasteiger partial charge in [-0.25, -0.2) is 0 Å². The Bertz CT molecular complexity index is 447. The Morgan fingerprint density at radius 1 is 1.27 bits per heavy atom. The van der Waals surface area contributed by atoms with Crippen molar-refractivity contribution in [1.29, 1.82) is 0 Å². The molecule has 0 spiro atoms. The Hall–Kier alpha value is -0.710. The van der Waals surface area contributed by atoms with E-state index in [4.69, 9.17) is 23.2 Å². The van der Waals surface area contributed by atoms with Crippen molar-refractivity contribution < 1.29 is 4.52 Å². The summed E-state index contributed by atoms with van der Waals surface area (Å²) in [6.07, 6.45) is 1.31. The van der Waals surface area contributed by atoms with Gasteiger partial charge in [0.15, 0.2) is 5.82 Å². The van der Waals surface area contributed by atoms with Crippen LogP contribution in [0.1, 0.15) is 5.82 Å². The zero-order valence-corrected chi connectivity index (χ0v) is 9.81. The quantitative estimate of drug-likeness (QED) is 0.790. The lowest BCUT2D eigenvalue weighted by Crippen LogP contribution is -1.83. The molecule has 0 saturated heterocycles. The smallest absolute Gasteiger partial charge is 0.213 e. The van der Waals surface area contributed by atoms with Gasteiger partial charge < -0.3 is 4.52 Å². The summed E-state index contributed by atoms with van der Waals surface area (Å²) in [5.74, 6) is 1.31. The maximum atomic E-state index is 5.88. The van der Waals surface area contributed by atoms with Gasteiger partial charge in [-0.1, -0.05) is 28.4 Å². The topological polar surface area (TPSA) is 38.9 Å². The van der Waals surface area contributed by atoms with E-state index in [1.807, 2.05) is 12.1 Å². The van der Waals surface area contributed by atoms with Crippen molar-refractivity contribution in [2.24, 2.45) is 0 Å². The highest BCUT2D eigenvalue weighted by molar-refractivity contribution is 7.98. The van der Waals surface area contributed by atoms with E-state index in [-0.39, 0.29) is 0 Å². The van der Waals surface area contributed by atoms with Gasteiger partial charge in [0.1, 0.15) is 0 Å². The molecule has 1 aromatic carbocycles. The molecule has 2 rings (SSSR count). The summed E-state index contributed by atoms with van der Waals surface area (Å²) in [6.45, 7) is 0. The number of aromatic nitrogens is 2. The highest BCUT2D eigenvalue weighted by atomic mass is 35.5. The van der Waals surface area contributed by atoms with E-state index in [0.29, 0.717) is 21.6 Å². The molecule has 3 nitrogen and oxygen atoms in total. The molecule has 0 bridgehead atoms. The third-order valence-electron chi connectivity index (χ3n) is 1.67. The Kier molecular flexibility index (Phi) is 3.51. The number of rotatable bonds is 3. The predicted molar refractivity (Wildman–Crippen MR) is 60.3 cm³/mol. The fourth-order valence-electron chi connectivity index (χ4n) is 0.971. The van der Waals surface area contributed by atoms with Gasteiger partial charge in [0, 0.05) is 4.90 Å². The van der Waals surface area contributed by atoms with Gasteiger partial charge in [-0.15, -0.1) is 11.8 Å². The van der Waals surface area contributed by atoms with Crippen molar-refractivity contribution >= 4 is 35.0 Å². The van der Waals surface area contributed by atoms with E-state index in [9.17, 15) is 0 Å². The number of nitrogens with zero attached hydrogens (tertiary/aromatic N) is 2. The molecule has 0 amide bonds. The summed E-state index contributed by atoms with van der Waals surface area (Å²) in [5.41, 5.74) is 0. The van der Waals surface area contributed by atoms with Crippen LogP contribution in [-0.2, 0) is 5.75 Å². The van der Waals surface area contributed by atoms with Gasteiger partial charge in [-0.05, 0) is 18.2 Å². The lowest BCUT2D eigenvalue weighted by Gasteiger charge is -2.00. The van der Waals surface area contributed by atoms with Gasteiger partial charge in [0.2, 0.25) is 6.39 Å². The van der Waals surface area contributed by atoms with Crippen LogP contribution in [0.15, 0.2) is 34.0 Å². The van der Waals surface area contributed by atoms with Gasteiger partial charge in [0.05, 0.1) is 15.8 Å². The standard InChI is InChI=1S/C9H6Cl2N2OS/c10-7-2-1-6(3-8(7)11)15-4-9-12-5-14-13-9/h1-3,5H,4H2. The van der Waals surface area contributed by atoms with Crippen LogP contribution in [0, 0.1) is 0 Å². The van der Waals surface area contributed by atoms with Gasteiger partial charge in [0.25, 0.3) is 0 Å². The molecule has 2 aromatic rings. The maximum Gasteiger partial charge on any atom is 0.213 e. The van der Waals surface area contributed by atoms with Crippen molar-refractivity contribution in [3.8, 4) is 0 Å². The molecule has 0 atom stereocenters. The Balaban J connectivity index is 2.02. The summed E-state index contributed by atoms with van der Waals surface area (Å²) in [6, 6.07) is 5.48. The lowest BCUT2D eigenvalue weighted by atomic mass is 10.4. The molecule has 1 aromatic heterocycles. The Morgan fingerprint density at radius 2 is 2.13 bits per heavy atom. The second-order valence-electron chi connectivity index (χ2n) is 2.71. The first-order valence-corrected chi connectivity index (χ1v) is 5.83. The average molecular weight is 261 g/mol. The SMILES string of the molecule is Clc1ccc(SCc2ncon2)cc1Cl. The van der Waals surface area contributed by atoms with Crippen molar-refractivity contribution in [3.05, 3.63) is 40.5 Å². The van der Waals surface area contributed by atoms with Crippen molar-refractivity contribution in [3.63, 3.8) is 0 Å². The first-order valence-electron chi connectivity index (χ1n) is 4.09. The molecule has 0 saturated carbocycles. The van der Waals surface area contributed by atoms with Crippen molar-refractivity contribution in [1.82, 2.24) is 10.1 Å². The Labute approximate surface area is 101 Å². The maximum absolute atomic E-state index is 5.88. The van der Waals surface area contributed by atoms with Gasteiger partial charge in [-0.2, -0.15) is 4.98 Å². The second-order valence-corrected chi connectivity index (χ2v) is 4.58. The van der Waals surface area contributed by atoms with Crippen LogP contribution in [-0.4, -0.2) is 10.1 Å². The van der Waals surface area contributed by atoms with Gasteiger partial charge >= 0.3 is 0 Å². The molecule has 0 fully saturated rings. The van der Waals surface area contributed by atoms with E-state index in [2.05, 4.69) is 14.7 Å². The molecule has 0 radical (unpaired) electrons. The third kappa shape index (κ3) is 2.87. The van der Waals surface area contributed by atoms with Crippen LogP contribution in [0.5, 0.6) is 0 Å². The average Bonchev–Trinajstić information content (AvgIpc) is 2.73. The van der Waals surface area contributed by atoms with Crippen molar-refractivity contribution in [2.45, 2.75) is 10.6 Å². The molecular weight excluding hydrogens is 255 g/mol. The van der Waals surface area contributed by atoms with E-state index in [0.717, 1.165) is 4.90 Å². The monoisotopic (exact) mass is 260 g/mol. The fraction of sp³-hybridized carbons (Fsp3) is 0.111. The van der Waals surface area contributed by atoms with Crippen LogP contribution in [0.3, 0.4) is 0 Å². The Morgan fingerprint density at radius 3 is 2.80 bits per heavy atom. The molecule has 0 aliphatic rings. The number of benzene rings is 1. The molecule has 0 aliphatic heterocycles. The zero-order valence-electron chi connectivity index (χ0n) is 7.48. The van der Waals surface area contributed by atoms with Crippen LogP contribution in [0.4, 0.5) is 0 Å². The molecule has 15 heavy (non-hydrogen) atoms. The summed E-state index contributed by atoms with van der Waals surface area (Å²) >= 11 is 13.3. The number of hydrogen-bond acceptors (Lipinski definition) is 4. The summed E-state index contributed by atoms with van der Waals surface area (Å²) in [7, 11) is 0. The van der Waals surface area contributed by atoms with Gasteiger partial charge in [-0.3, -0.25) is 0 Å². The normalized spacial score (nSPS) is 10.5. The molecule has 78 valence electrons. The second kappa shape index (κ2) is 4.88. The minimum absolute atomic E-state index is 0.551. The van der Waals surface area contributed by atoms with E-state index in [1.165, 1.54) is 6.39 Å². The predicted octanol–water partition coefficient (Wildman–Crippen LogP) is 3.67. The highest BCUT2D eigenvalue weighted by Gasteiger charge is 2.03. The first-order chi connectivity index (χ1) is 7.25. The minimum atomic E-state index is 0.551. The van der Waals surface area contributed by atoms with E-state index in [1.54, 1.807) is 17.8 Å². The highest BCUT2D eigenvalue weighted by Crippen LogP contribution is 2.29. The summed E-state index contributed by atoms with van der Waals surface area (Å²) in [4.78, 5) is 4.94. The van der Waals surface area contributed by atoms with Crippen LogP contribution in [0.25, 0.3) is 0 Å². The van der Waals surface area contributed by atoms with Crippen molar-refractivity contribution in [2.75, 3.05) is 0 Å². The number of thioether (sulfide) groups is 1. The molecule has 0 aliphatic carbocycles. The molecule has 1 heterocycles. The van der Waals surface area contributed by atoms with E-state index < -0.39 is 0 Å². The lowest BCUT2D eigenvalue weighted by molar-refractivity contribution is 0.412. The molecule has 0 unspecified atom stereocenters. The largest absolute Gasteiger partial charge is 0.343 e.